The van der Waals surface area contributed by atoms with Gasteiger partial charge in [0.15, 0.2) is 0 Å². The second-order valence-electron chi connectivity index (χ2n) is 2.64. The summed E-state index contributed by atoms with van der Waals surface area (Å²) in [6.07, 6.45) is 12.9. The molecule has 0 saturated heterocycles. The number of aromatic amines is 4. The minimum atomic E-state index is 1.58. The Balaban J connectivity index is 0.000000133. The fourth-order valence-corrected chi connectivity index (χ4v) is 0.667. The van der Waals surface area contributed by atoms with Crippen LogP contribution >= 0.6 is 0 Å². The summed E-state index contributed by atoms with van der Waals surface area (Å²) in [5, 5.41) is 37.1. The molecule has 0 fully saturated rings. The van der Waals surface area contributed by atoms with Gasteiger partial charge in [0.2, 0.25) is 0 Å². The Labute approximate surface area is 112 Å². The number of nitrogens with zero attached hydrogens (tertiary/aromatic N) is 8. The van der Waals surface area contributed by atoms with Crippen molar-refractivity contribution in [3.8, 4) is 0 Å². The van der Waals surface area contributed by atoms with Crippen molar-refractivity contribution in [2.45, 2.75) is 0 Å². The van der Waals surface area contributed by atoms with E-state index in [2.05, 4.69) is 61.6 Å². The first-order valence-corrected chi connectivity index (χ1v) is 5.22. The average molecular weight is 276 g/mol. The molecule has 0 bridgehead atoms. The molecular formula is C8H12N12. The first-order chi connectivity index (χ1) is 10.0. The van der Waals surface area contributed by atoms with E-state index in [0.29, 0.717) is 0 Å². The fourth-order valence-electron chi connectivity index (χ4n) is 0.667. The van der Waals surface area contributed by atoms with Crippen LogP contribution in [0.5, 0.6) is 0 Å². The molecule has 0 radical (unpaired) electrons. The highest BCUT2D eigenvalue weighted by Crippen LogP contribution is 1.57. The summed E-state index contributed by atoms with van der Waals surface area (Å²) < 4.78 is 0. The van der Waals surface area contributed by atoms with Gasteiger partial charge in [0.25, 0.3) is 0 Å². The van der Waals surface area contributed by atoms with Crippen molar-refractivity contribution in [3.05, 3.63) is 49.6 Å². The lowest BCUT2D eigenvalue weighted by molar-refractivity contribution is 0.940. The zero-order valence-electron chi connectivity index (χ0n) is 10.2. The van der Waals surface area contributed by atoms with Crippen molar-refractivity contribution >= 4 is 0 Å². The Morgan fingerprint density at radius 3 is 0.700 bits per heavy atom. The molecule has 4 aromatic rings. The van der Waals surface area contributed by atoms with Crippen molar-refractivity contribution < 1.29 is 0 Å². The van der Waals surface area contributed by atoms with Gasteiger partial charge in [-0.05, 0) is 0 Å². The van der Waals surface area contributed by atoms with Crippen LogP contribution in [0.3, 0.4) is 0 Å². The number of nitrogens with one attached hydrogen (secondary N) is 4. The Bertz CT molecular complexity index is 350. The van der Waals surface area contributed by atoms with Crippen molar-refractivity contribution in [2.75, 3.05) is 0 Å². The molecule has 0 aliphatic carbocycles. The van der Waals surface area contributed by atoms with Gasteiger partial charge in [0.1, 0.15) is 0 Å². The van der Waals surface area contributed by atoms with Crippen LogP contribution in [0.1, 0.15) is 0 Å². The summed E-state index contributed by atoms with van der Waals surface area (Å²) in [6.45, 7) is 0. The summed E-state index contributed by atoms with van der Waals surface area (Å²) in [5.74, 6) is 0. The SMILES string of the molecule is c1c[nH]nn1.c1c[nH]nn1.c1c[nH]nn1.c1c[nH]nn1. The molecule has 0 aliphatic rings. The third-order valence-electron chi connectivity index (χ3n) is 1.32. The Morgan fingerprint density at radius 2 is 0.650 bits per heavy atom. The maximum atomic E-state index is 3.42. The van der Waals surface area contributed by atoms with E-state index >= 15 is 0 Å². The highest BCUT2D eigenvalue weighted by molar-refractivity contribution is 4.56. The quantitative estimate of drug-likeness (QED) is 0.324. The first-order valence-electron chi connectivity index (χ1n) is 5.22. The lowest BCUT2D eigenvalue weighted by Crippen LogP contribution is -1.61. The third kappa shape index (κ3) is 9.76. The van der Waals surface area contributed by atoms with Gasteiger partial charge in [0.05, 0.1) is 24.8 Å². The van der Waals surface area contributed by atoms with E-state index in [1.807, 2.05) is 0 Å². The molecule has 0 spiro atoms. The number of hydrogen-bond acceptors (Lipinski definition) is 8. The number of H-pyrrole nitrogens is 4. The van der Waals surface area contributed by atoms with E-state index in [1.165, 1.54) is 0 Å². The molecule has 20 heavy (non-hydrogen) atoms. The largest absolute Gasteiger partial charge is 0.266 e. The molecule has 4 rings (SSSR count). The second kappa shape index (κ2) is 12.0. The molecule has 12 nitrogen and oxygen atoms in total. The Hall–Kier alpha value is -3.44. The lowest BCUT2D eigenvalue weighted by Gasteiger charge is -1.46. The minimum Gasteiger partial charge on any atom is -0.266 e. The lowest BCUT2D eigenvalue weighted by atomic mass is 11.0. The van der Waals surface area contributed by atoms with Crippen molar-refractivity contribution in [2.24, 2.45) is 0 Å². The zero-order chi connectivity index (χ0) is 14.1. The second-order valence-corrected chi connectivity index (χ2v) is 2.64. The molecule has 12 heteroatoms. The van der Waals surface area contributed by atoms with Gasteiger partial charge in [-0.2, -0.15) is 0 Å². The van der Waals surface area contributed by atoms with Crippen LogP contribution in [-0.4, -0.2) is 61.6 Å². The molecule has 0 aliphatic heterocycles. The summed E-state index contributed by atoms with van der Waals surface area (Å²) in [7, 11) is 0. The van der Waals surface area contributed by atoms with Crippen molar-refractivity contribution in [1.82, 2.24) is 61.6 Å². The monoisotopic (exact) mass is 276 g/mol. The van der Waals surface area contributed by atoms with Crippen molar-refractivity contribution in [3.63, 3.8) is 0 Å². The van der Waals surface area contributed by atoms with Gasteiger partial charge in [-0.1, -0.05) is 20.9 Å². The predicted octanol–water partition coefficient (Wildman–Crippen LogP) is -0.781. The Morgan fingerprint density at radius 1 is 0.400 bits per heavy atom. The van der Waals surface area contributed by atoms with Crippen LogP contribution < -0.4 is 0 Å². The molecule has 0 amide bonds. The van der Waals surface area contributed by atoms with Gasteiger partial charge in [0, 0.05) is 24.8 Å². The first kappa shape index (κ1) is 14.6. The minimum absolute atomic E-state index is 1.58. The van der Waals surface area contributed by atoms with Gasteiger partial charge < -0.3 is 0 Å². The number of rotatable bonds is 0. The normalized spacial score (nSPS) is 8.00. The topological polar surface area (TPSA) is 166 Å². The Kier molecular flexibility index (Phi) is 8.79. The van der Waals surface area contributed by atoms with E-state index in [9.17, 15) is 0 Å². The molecule has 0 unspecified atom stereocenters. The maximum absolute atomic E-state index is 3.42. The molecule has 4 aromatic heterocycles. The summed E-state index contributed by atoms with van der Waals surface area (Å²) in [4.78, 5) is 0. The van der Waals surface area contributed by atoms with Gasteiger partial charge >= 0.3 is 0 Å². The third-order valence-corrected chi connectivity index (χ3v) is 1.32. The highest BCUT2D eigenvalue weighted by Gasteiger charge is 1.59. The highest BCUT2D eigenvalue weighted by atomic mass is 15.3. The smallest absolute Gasteiger partial charge is 0.0690 e. The number of aromatic nitrogens is 12. The maximum Gasteiger partial charge on any atom is 0.0690 e. The van der Waals surface area contributed by atoms with E-state index in [0.717, 1.165) is 0 Å². The van der Waals surface area contributed by atoms with E-state index in [-0.39, 0.29) is 0 Å². The molecular weight excluding hydrogens is 264 g/mol. The van der Waals surface area contributed by atoms with Crippen LogP contribution in [0, 0.1) is 0 Å². The predicted molar refractivity (Wildman–Crippen MR) is 65.5 cm³/mol. The standard InChI is InChI=1S/4C2H3N3/c4*1-2-4-5-3-1/h4*1-2H,(H,3,4,5). The molecule has 104 valence electrons. The average Bonchev–Trinajstić information content (AvgIpc) is 3.40. The van der Waals surface area contributed by atoms with Gasteiger partial charge in [-0.25, -0.2) is 0 Å². The van der Waals surface area contributed by atoms with Crippen LogP contribution in [0.2, 0.25) is 0 Å². The van der Waals surface area contributed by atoms with E-state index in [4.69, 9.17) is 0 Å². The van der Waals surface area contributed by atoms with Crippen LogP contribution in [0.25, 0.3) is 0 Å². The van der Waals surface area contributed by atoms with Gasteiger partial charge in [-0.15, -0.1) is 20.4 Å². The van der Waals surface area contributed by atoms with Crippen LogP contribution in [0.15, 0.2) is 49.6 Å². The fraction of sp³-hybridized carbons (Fsp3) is 0. The summed E-state index contributed by atoms with van der Waals surface area (Å²) in [5.41, 5.74) is 0. The van der Waals surface area contributed by atoms with Crippen molar-refractivity contribution in [1.29, 1.82) is 0 Å². The zero-order valence-corrected chi connectivity index (χ0v) is 10.2. The van der Waals surface area contributed by atoms with Gasteiger partial charge in [-0.3, -0.25) is 20.4 Å². The molecule has 4 N–H and O–H groups in total. The van der Waals surface area contributed by atoms with Crippen LogP contribution in [-0.2, 0) is 0 Å². The van der Waals surface area contributed by atoms with E-state index in [1.54, 1.807) is 49.6 Å². The van der Waals surface area contributed by atoms with Crippen LogP contribution in [0.4, 0.5) is 0 Å². The van der Waals surface area contributed by atoms with E-state index < -0.39 is 0 Å². The number of hydrogen-bond donors (Lipinski definition) is 4. The molecule has 0 saturated carbocycles. The molecule has 4 heterocycles. The molecule has 0 atom stereocenters. The molecule has 0 aromatic carbocycles. The summed E-state index contributed by atoms with van der Waals surface area (Å²) >= 11 is 0. The summed E-state index contributed by atoms with van der Waals surface area (Å²) in [6, 6.07) is 0.